The number of fused-ring (bicyclic) bond motifs is 1. The van der Waals surface area contributed by atoms with Crippen molar-refractivity contribution in [3.8, 4) is 56.0 Å². The molecular weight excluding hydrogens is 871 g/mol. The molecule has 0 N–H and O–H groups in total. The molecule has 0 atom stereocenters. The van der Waals surface area contributed by atoms with Crippen LogP contribution in [0.25, 0.3) is 66.8 Å². The summed E-state index contributed by atoms with van der Waals surface area (Å²) in [5.74, 6) is 0. The molecule has 4 heteroatoms. The van der Waals surface area contributed by atoms with E-state index in [1.165, 1.54) is 44.3 Å². The number of nitrogens with zero attached hydrogens (tertiary/aromatic N) is 3. The van der Waals surface area contributed by atoms with E-state index < -0.39 is 0 Å². The molecule has 1 radical (unpaired) electrons. The topological polar surface area (TPSA) is 29.7 Å². The van der Waals surface area contributed by atoms with Crippen LogP contribution < -0.4 is 4.57 Å². The van der Waals surface area contributed by atoms with Crippen molar-refractivity contribution in [3.05, 3.63) is 230 Å². The van der Waals surface area contributed by atoms with Crippen LogP contribution >= 0.6 is 0 Å². The van der Waals surface area contributed by atoms with E-state index in [0.717, 1.165) is 39.2 Å². The summed E-state index contributed by atoms with van der Waals surface area (Å²) in [6, 6.07) is 67.5. The van der Waals surface area contributed by atoms with E-state index in [4.69, 9.17) is 0 Å². The van der Waals surface area contributed by atoms with Crippen LogP contribution in [0.5, 0.6) is 0 Å². The van der Waals surface area contributed by atoms with Gasteiger partial charge in [-0.05, 0) is 66.4 Å². The van der Waals surface area contributed by atoms with Gasteiger partial charge in [0.1, 0.15) is 5.69 Å². The first kappa shape index (κ1) is 40.2. The van der Waals surface area contributed by atoms with Gasteiger partial charge in [0.25, 0.3) is 0 Å². The zero-order chi connectivity index (χ0) is 38.7. The van der Waals surface area contributed by atoms with Gasteiger partial charge in [0.15, 0.2) is 0 Å². The van der Waals surface area contributed by atoms with E-state index in [2.05, 4.69) is 147 Å². The monoisotopic (exact) mass is 913 g/mol. The van der Waals surface area contributed by atoms with Crippen molar-refractivity contribution in [1.29, 1.82) is 0 Å². The Morgan fingerprint density at radius 1 is 0.526 bits per heavy atom. The summed E-state index contributed by atoms with van der Waals surface area (Å²) >= 11 is 0. The Kier molecular flexibility index (Phi) is 13.7. The predicted molar refractivity (Wildman–Crippen MR) is 231 cm³/mol. The number of rotatable bonds is 5. The van der Waals surface area contributed by atoms with E-state index in [1.54, 1.807) is 6.20 Å². The Labute approximate surface area is 350 Å². The molecule has 57 heavy (non-hydrogen) atoms. The molecule has 0 aliphatic rings. The van der Waals surface area contributed by atoms with Gasteiger partial charge in [-0.3, -0.25) is 4.98 Å². The largest absolute Gasteiger partial charge is 0.321 e. The van der Waals surface area contributed by atoms with Gasteiger partial charge in [-0.2, -0.15) is 0 Å². The summed E-state index contributed by atoms with van der Waals surface area (Å²) < 4.78 is 1.86. The minimum Gasteiger partial charge on any atom is -0.321 e. The van der Waals surface area contributed by atoms with Crippen molar-refractivity contribution >= 4 is 10.8 Å². The van der Waals surface area contributed by atoms with E-state index in [0.29, 0.717) is 0 Å². The van der Waals surface area contributed by atoms with Crippen LogP contribution in [0.3, 0.4) is 0 Å². The second-order valence-corrected chi connectivity index (χ2v) is 13.6. The van der Waals surface area contributed by atoms with Crippen molar-refractivity contribution in [3.63, 3.8) is 0 Å². The third-order valence-electron chi connectivity index (χ3n) is 9.49. The maximum Gasteiger partial charge on any atom is 0.115 e. The fourth-order valence-electron chi connectivity index (χ4n) is 6.56. The van der Waals surface area contributed by atoms with Gasteiger partial charge in [0.05, 0.1) is 6.20 Å². The zero-order valence-electron chi connectivity index (χ0n) is 32.3. The van der Waals surface area contributed by atoms with Crippen molar-refractivity contribution in [2.45, 2.75) is 20.8 Å². The molecule has 3 nitrogen and oxygen atoms in total. The third-order valence-corrected chi connectivity index (χ3v) is 9.49. The average molecular weight is 913 g/mol. The fraction of sp³-hybridized carbons (Fsp3) is 0.0566. The summed E-state index contributed by atoms with van der Waals surface area (Å²) in [7, 11) is 4.00. The first-order valence-electron chi connectivity index (χ1n) is 18.7. The Morgan fingerprint density at radius 3 is 2.07 bits per heavy atom. The van der Waals surface area contributed by atoms with Gasteiger partial charge >= 0.3 is 0 Å². The number of aromatic nitrogens is 3. The van der Waals surface area contributed by atoms with E-state index >= 15 is 0 Å². The Balaban J connectivity index is 0.000000152. The number of hydrogen-bond acceptors (Lipinski definition) is 2. The van der Waals surface area contributed by atoms with Crippen LogP contribution in [-0.4, -0.2) is 9.97 Å². The van der Waals surface area contributed by atoms with Gasteiger partial charge in [0.2, 0.25) is 0 Å². The molecule has 0 aliphatic carbocycles. The summed E-state index contributed by atoms with van der Waals surface area (Å²) in [5, 5.41) is 2.32. The smallest absolute Gasteiger partial charge is 0.115 e. The van der Waals surface area contributed by atoms with Crippen LogP contribution in [0.4, 0.5) is 0 Å². The van der Waals surface area contributed by atoms with Crippen LogP contribution in [0.1, 0.15) is 16.7 Å². The molecule has 6 aromatic carbocycles. The van der Waals surface area contributed by atoms with E-state index in [9.17, 15) is 0 Å². The van der Waals surface area contributed by atoms with Crippen LogP contribution in [0.2, 0.25) is 0 Å². The van der Waals surface area contributed by atoms with Crippen LogP contribution in [0, 0.1) is 46.0 Å². The fourth-order valence-corrected chi connectivity index (χ4v) is 6.56. The number of aryl methyl sites for hydroxylation is 3. The normalized spacial score (nSPS) is 10.3. The van der Waals surface area contributed by atoms with Crippen LogP contribution in [0.15, 0.2) is 188 Å². The van der Waals surface area contributed by atoms with Crippen molar-refractivity contribution in [2.24, 2.45) is 0 Å². The van der Waals surface area contributed by atoms with Crippen molar-refractivity contribution in [1.82, 2.24) is 9.97 Å². The number of benzene rings is 6. The second-order valence-electron chi connectivity index (χ2n) is 13.6. The molecule has 3 heterocycles. The molecule has 9 rings (SSSR count). The maximum atomic E-state index is 4.66. The quantitative estimate of drug-likeness (QED) is 0.127. The molecule has 281 valence electrons. The van der Waals surface area contributed by atoms with Gasteiger partial charge in [-0.1, -0.05) is 119 Å². The molecule has 0 saturated heterocycles. The SMILES string of the molecule is Cc1ccc(-c2cc(-c3[c-]c4ccccc4cc3)ncc2C)c(C)c1.[CH2-][n+]1ccccc1-c1[c-]ccc(-c2ccccc2)c1.[Ir].[c-]1ccccc1-c1ccccn1. The van der Waals surface area contributed by atoms with Crippen molar-refractivity contribution in [2.75, 3.05) is 0 Å². The first-order valence-corrected chi connectivity index (χ1v) is 18.7. The summed E-state index contributed by atoms with van der Waals surface area (Å²) in [6.07, 6.45) is 5.70. The average Bonchev–Trinajstić information content (AvgIpc) is 3.25. The second kappa shape index (κ2) is 19.4. The molecule has 0 aliphatic heterocycles. The van der Waals surface area contributed by atoms with Gasteiger partial charge in [-0.25, -0.2) is 0 Å². The maximum absolute atomic E-state index is 4.66. The minimum absolute atomic E-state index is 0. The van der Waals surface area contributed by atoms with E-state index in [-0.39, 0.29) is 20.1 Å². The van der Waals surface area contributed by atoms with Gasteiger partial charge in [-0.15, -0.1) is 95.4 Å². The molecule has 0 spiro atoms. The van der Waals surface area contributed by atoms with Crippen molar-refractivity contribution < 1.29 is 24.7 Å². The summed E-state index contributed by atoms with van der Waals surface area (Å²) in [4.78, 5) is 8.88. The standard InChI is InChI=1S/C24H20N.C18H14N.C11H8N.Ir/c1-16-8-11-22(17(2)12-16)23-14-24(25-15-18(23)3)21-10-9-19-6-4-5-7-20(19)13-21;1-19-13-6-5-12-18(19)17-11-7-10-16(14-17)15-8-3-2-4-9-15;1-2-6-10(7-3-1)11-8-4-5-9-12-11;/h4-12,14-15H,1-3H3;2-10,12-14H,1H2;1-6,8-9H;/q3*-1;. The predicted octanol–water partition coefficient (Wildman–Crippen LogP) is 12.6. The van der Waals surface area contributed by atoms with Crippen LogP contribution in [-0.2, 0) is 20.1 Å². The summed E-state index contributed by atoms with van der Waals surface area (Å²) in [5.41, 5.74) is 14.8. The molecule has 9 aromatic rings. The summed E-state index contributed by atoms with van der Waals surface area (Å²) in [6.45, 7) is 6.42. The first-order chi connectivity index (χ1) is 27.4. The molecule has 3 aromatic heterocycles. The Bertz CT molecular complexity index is 2640. The van der Waals surface area contributed by atoms with Gasteiger partial charge < -0.3 is 9.55 Å². The molecule has 0 bridgehead atoms. The van der Waals surface area contributed by atoms with Gasteiger partial charge in [0, 0.05) is 45.2 Å². The number of pyridine rings is 3. The Hall–Kier alpha value is -6.45. The number of hydrogen-bond donors (Lipinski definition) is 0. The zero-order valence-corrected chi connectivity index (χ0v) is 34.7. The molecule has 0 saturated carbocycles. The third kappa shape index (κ3) is 10.2. The molecule has 0 fully saturated rings. The van der Waals surface area contributed by atoms with E-state index in [1.807, 2.05) is 95.8 Å². The molecular formula is C53H42IrN3-3. The molecule has 0 unspecified atom stereocenters. The Morgan fingerprint density at radius 2 is 1.30 bits per heavy atom. The molecule has 0 amide bonds. The minimum atomic E-state index is 0.